The summed E-state index contributed by atoms with van der Waals surface area (Å²) >= 11 is 0. The van der Waals surface area contributed by atoms with Crippen LogP contribution in [0.2, 0.25) is 0 Å². The van der Waals surface area contributed by atoms with Gasteiger partial charge in [-0.2, -0.15) is 0 Å². The molecule has 0 fully saturated rings. The van der Waals surface area contributed by atoms with Gasteiger partial charge in [0, 0.05) is 12.2 Å². The van der Waals surface area contributed by atoms with E-state index in [1.165, 1.54) is 33.5 Å². The third-order valence-corrected chi connectivity index (χ3v) is 3.84. The number of hydrogen-bond acceptors (Lipinski definition) is 4. The summed E-state index contributed by atoms with van der Waals surface area (Å²) in [6.45, 7) is 2.35. The SMILES string of the molecule is CCN(C(=O)Cc1cc(OC)c(OC)c(OC)c1)c1ccc(F)cc1. The zero-order chi connectivity index (χ0) is 18.4. The minimum Gasteiger partial charge on any atom is -0.493 e. The highest BCUT2D eigenvalue weighted by molar-refractivity contribution is 5.94. The van der Waals surface area contributed by atoms with Crippen LogP contribution in [0.5, 0.6) is 17.2 Å². The molecular weight excluding hydrogens is 325 g/mol. The third kappa shape index (κ3) is 4.21. The fourth-order valence-corrected chi connectivity index (χ4v) is 2.63. The zero-order valence-corrected chi connectivity index (χ0v) is 14.8. The number of nitrogens with zero attached hydrogens (tertiary/aromatic N) is 1. The van der Waals surface area contributed by atoms with Crippen molar-refractivity contribution in [3.63, 3.8) is 0 Å². The van der Waals surface area contributed by atoms with Crippen molar-refractivity contribution >= 4 is 11.6 Å². The molecule has 2 aromatic carbocycles. The number of carbonyl (C=O) groups excluding carboxylic acids is 1. The molecule has 0 aliphatic rings. The summed E-state index contributed by atoms with van der Waals surface area (Å²) in [7, 11) is 4.58. The number of methoxy groups -OCH3 is 3. The number of benzene rings is 2. The van der Waals surface area contributed by atoms with E-state index in [0.29, 0.717) is 29.5 Å². The highest BCUT2D eigenvalue weighted by atomic mass is 19.1. The Morgan fingerprint density at radius 2 is 1.56 bits per heavy atom. The summed E-state index contributed by atoms with van der Waals surface area (Å²) < 4.78 is 29.0. The molecule has 5 nitrogen and oxygen atoms in total. The normalized spacial score (nSPS) is 10.3. The minimum atomic E-state index is -0.336. The second-order valence-corrected chi connectivity index (χ2v) is 5.32. The summed E-state index contributed by atoms with van der Waals surface area (Å²) in [4.78, 5) is 14.3. The Kier molecular flexibility index (Phi) is 6.22. The quantitative estimate of drug-likeness (QED) is 0.770. The molecule has 134 valence electrons. The van der Waals surface area contributed by atoms with Crippen molar-refractivity contribution in [3.05, 3.63) is 47.8 Å². The van der Waals surface area contributed by atoms with Crippen LogP contribution in [-0.2, 0) is 11.2 Å². The van der Waals surface area contributed by atoms with Crippen molar-refractivity contribution in [3.8, 4) is 17.2 Å². The van der Waals surface area contributed by atoms with E-state index in [2.05, 4.69) is 0 Å². The smallest absolute Gasteiger partial charge is 0.231 e. The van der Waals surface area contributed by atoms with Gasteiger partial charge in [0.1, 0.15) is 5.82 Å². The van der Waals surface area contributed by atoms with Gasteiger partial charge in [-0.1, -0.05) is 0 Å². The maximum atomic E-state index is 13.1. The lowest BCUT2D eigenvalue weighted by Gasteiger charge is -2.21. The molecule has 0 aromatic heterocycles. The maximum absolute atomic E-state index is 13.1. The van der Waals surface area contributed by atoms with E-state index in [9.17, 15) is 9.18 Å². The molecule has 0 bridgehead atoms. The minimum absolute atomic E-state index is 0.108. The van der Waals surface area contributed by atoms with Crippen LogP contribution in [0.25, 0.3) is 0 Å². The molecule has 25 heavy (non-hydrogen) atoms. The lowest BCUT2D eigenvalue weighted by atomic mass is 10.1. The molecule has 2 aromatic rings. The molecule has 0 N–H and O–H groups in total. The first kappa shape index (κ1) is 18.6. The molecule has 0 atom stereocenters. The molecule has 0 saturated carbocycles. The van der Waals surface area contributed by atoms with Gasteiger partial charge in [-0.3, -0.25) is 4.79 Å². The Morgan fingerprint density at radius 3 is 2.00 bits per heavy atom. The molecule has 6 heteroatoms. The Bertz CT molecular complexity index is 706. The van der Waals surface area contributed by atoms with Crippen molar-refractivity contribution in [1.82, 2.24) is 0 Å². The lowest BCUT2D eigenvalue weighted by molar-refractivity contribution is -0.117. The van der Waals surface area contributed by atoms with Gasteiger partial charge in [-0.05, 0) is 48.9 Å². The second kappa shape index (κ2) is 8.37. The molecule has 0 aliphatic carbocycles. The second-order valence-electron chi connectivity index (χ2n) is 5.32. The molecule has 1 amide bonds. The van der Waals surface area contributed by atoms with Crippen LogP contribution in [0.15, 0.2) is 36.4 Å². The summed E-state index contributed by atoms with van der Waals surface area (Å²) in [5.41, 5.74) is 1.39. The number of carbonyl (C=O) groups is 1. The average Bonchev–Trinajstić information content (AvgIpc) is 2.62. The standard InChI is InChI=1S/C19H22FNO4/c1-5-21(15-8-6-14(20)7-9-15)18(22)12-13-10-16(23-2)19(25-4)17(11-13)24-3/h6-11H,5,12H2,1-4H3. The third-order valence-electron chi connectivity index (χ3n) is 3.84. The van der Waals surface area contributed by atoms with Crippen LogP contribution in [0.1, 0.15) is 12.5 Å². The fraction of sp³-hybridized carbons (Fsp3) is 0.316. The van der Waals surface area contributed by atoms with Crippen LogP contribution in [0.4, 0.5) is 10.1 Å². The van der Waals surface area contributed by atoms with Gasteiger partial charge in [0.15, 0.2) is 11.5 Å². The van der Waals surface area contributed by atoms with Gasteiger partial charge in [-0.15, -0.1) is 0 Å². The van der Waals surface area contributed by atoms with Crippen molar-refractivity contribution < 1.29 is 23.4 Å². The number of amides is 1. The number of likely N-dealkylation sites (N-methyl/N-ethyl adjacent to an activating group) is 1. The van der Waals surface area contributed by atoms with Crippen molar-refractivity contribution in [2.45, 2.75) is 13.3 Å². The molecule has 0 spiro atoms. The predicted octanol–water partition coefficient (Wildman–Crippen LogP) is 3.45. The van der Waals surface area contributed by atoms with Gasteiger partial charge < -0.3 is 19.1 Å². The molecule has 0 unspecified atom stereocenters. The number of anilines is 1. The summed E-state index contributed by atoms with van der Waals surface area (Å²) in [6.07, 6.45) is 0.155. The average molecular weight is 347 g/mol. The van der Waals surface area contributed by atoms with Gasteiger partial charge >= 0.3 is 0 Å². The molecule has 0 radical (unpaired) electrons. The van der Waals surface area contributed by atoms with Crippen molar-refractivity contribution in [2.24, 2.45) is 0 Å². The van der Waals surface area contributed by atoms with Crippen molar-refractivity contribution in [2.75, 3.05) is 32.8 Å². The van der Waals surface area contributed by atoms with Gasteiger partial charge in [-0.25, -0.2) is 4.39 Å². The maximum Gasteiger partial charge on any atom is 0.231 e. The summed E-state index contributed by atoms with van der Waals surface area (Å²) in [5, 5.41) is 0. The first-order valence-electron chi connectivity index (χ1n) is 7.88. The van der Waals surface area contributed by atoms with Crippen LogP contribution < -0.4 is 19.1 Å². The van der Waals surface area contributed by atoms with Crippen LogP contribution in [-0.4, -0.2) is 33.8 Å². The summed E-state index contributed by atoms with van der Waals surface area (Å²) in [5.74, 6) is 1.02. The number of halogens is 1. The van der Waals surface area contributed by atoms with Crippen LogP contribution in [0, 0.1) is 5.82 Å². The van der Waals surface area contributed by atoms with E-state index in [1.807, 2.05) is 6.92 Å². The Morgan fingerprint density at radius 1 is 1.00 bits per heavy atom. The molecule has 2 rings (SSSR count). The van der Waals surface area contributed by atoms with Gasteiger partial charge in [0.05, 0.1) is 27.8 Å². The highest BCUT2D eigenvalue weighted by Crippen LogP contribution is 2.38. The zero-order valence-electron chi connectivity index (χ0n) is 14.8. The predicted molar refractivity (Wildman–Crippen MR) is 94.2 cm³/mol. The van der Waals surface area contributed by atoms with E-state index in [-0.39, 0.29) is 18.1 Å². The first-order chi connectivity index (χ1) is 12.0. The van der Waals surface area contributed by atoms with Crippen LogP contribution >= 0.6 is 0 Å². The number of ether oxygens (including phenoxy) is 3. The fourth-order valence-electron chi connectivity index (χ4n) is 2.63. The number of rotatable bonds is 7. The van der Waals surface area contributed by atoms with Gasteiger partial charge in [0.25, 0.3) is 0 Å². The monoisotopic (exact) mass is 347 g/mol. The molecule has 0 aliphatic heterocycles. The Hall–Kier alpha value is -2.76. The van der Waals surface area contributed by atoms with E-state index in [0.717, 1.165) is 5.56 Å². The van der Waals surface area contributed by atoms with Crippen molar-refractivity contribution in [1.29, 1.82) is 0 Å². The van der Waals surface area contributed by atoms with Gasteiger partial charge in [0.2, 0.25) is 11.7 Å². The Balaban J connectivity index is 2.28. The molecule has 0 heterocycles. The molecule has 0 saturated heterocycles. The topological polar surface area (TPSA) is 48.0 Å². The molecular formula is C19H22FNO4. The summed E-state index contributed by atoms with van der Waals surface area (Å²) in [6, 6.07) is 9.35. The number of hydrogen-bond donors (Lipinski definition) is 0. The lowest BCUT2D eigenvalue weighted by Crippen LogP contribution is -2.32. The van der Waals surface area contributed by atoms with E-state index in [4.69, 9.17) is 14.2 Å². The Labute approximate surface area is 146 Å². The van der Waals surface area contributed by atoms with E-state index >= 15 is 0 Å². The largest absolute Gasteiger partial charge is 0.493 e. The first-order valence-corrected chi connectivity index (χ1v) is 7.88. The van der Waals surface area contributed by atoms with E-state index < -0.39 is 0 Å². The van der Waals surface area contributed by atoms with E-state index in [1.54, 1.807) is 29.2 Å². The van der Waals surface area contributed by atoms with Crippen LogP contribution in [0.3, 0.4) is 0 Å². The highest BCUT2D eigenvalue weighted by Gasteiger charge is 2.18.